The molecule has 0 aromatic heterocycles. The van der Waals surface area contributed by atoms with E-state index in [0.29, 0.717) is 11.5 Å². The molecule has 0 amide bonds. The van der Waals surface area contributed by atoms with Gasteiger partial charge < -0.3 is 14.8 Å². The summed E-state index contributed by atoms with van der Waals surface area (Å²) in [6, 6.07) is 0. The van der Waals surface area contributed by atoms with Crippen LogP contribution in [0.5, 0.6) is 0 Å². The molecule has 0 aromatic rings. The summed E-state index contributed by atoms with van der Waals surface area (Å²) in [4.78, 5) is 0. The lowest BCUT2D eigenvalue weighted by molar-refractivity contribution is 0.102. The summed E-state index contributed by atoms with van der Waals surface area (Å²) in [5.74, 6) is 0. The van der Waals surface area contributed by atoms with Crippen molar-refractivity contribution in [3.05, 3.63) is 0 Å². The molecule has 0 aromatic carbocycles. The monoisotopic (exact) mass is 229 g/mol. The van der Waals surface area contributed by atoms with E-state index in [4.69, 9.17) is 9.47 Å². The van der Waals surface area contributed by atoms with Crippen LogP contribution in [-0.4, -0.2) is 39.5 Å². The number of ether oxygens (including phenoxy) is 2. The Morgan fingerprint density at radius 3 is 2.88 bits per heavy atom. The fraction of sp³-hybridized carbons (Fsp3) is 1.00. The minimum absolute atomic E-state index is 0.326. The summed E-state index contributed by atoms with van der Waals surface area (Å²) in [6.07, 6.45) is 5.25. The molecule has 1 saturated heterocycles. The van der Waals surface area contributed by atoms with Crippen LogP contribution in [0, 0.1) is 5.41 Å². The van der Waals surface area contributed by atoms with E-state index in [2.05, 4.69) is 19.2 Å². The Bertz CT molecular complexity index is 177. The van der Waals surface area contributed by atoms with Gasteiger partial charge in [-0.15, -0.1) is 0 Å². The second-order valence-electron chi connectivity index (χ2n) is 5.51. The second kappa shape index (κ2) is 7.25. The van der Waals surface area contributed by atoms with E-state index in [0.717, 1.165) is 39.1 Å². The van der Waals surface area contributed by atoms with Gasteiger partial charge in [-0.1, -0.05) is 13.8 Å². The van der Waals surface area contributed by atoms with Gasteiger partial charge in [0.15, 0.2) is 0 Å². The fourth-order valence-electron chi connectivity index (χ4n) is 2.03. The smallest absolute Gasteiger partial charge is 0.0588 e. The SMILES string of the molecule is COCCC(C)(C)CNCCC1CCCO1. The van der Waals surface area contributed by atoms with Crippen molar-refractivity contribution in [3.8, 4) is 0 Å². The van der Waals surface area contributed by atoms with E-state index < -0.39 is 0 Å². The van der Waals surface area contributed by atoms with Crippen molar-refractivity contribution in [1.82, 2.24) is 5.32 Å². The highest BCUT2D eigenvalue weighted by molar-refractivity contribution is 4.72. The highest BCUT2D eigenvalue weighted by Crippen LogP contribution is 2.19. The van der Waals surface area contributed by atoms with Gasteiger partial charge in [-0.2, -0.15) is 0 Å². The zero-order chi connectivity index (χ0) is 11.9. The summed E-state index contributed by atoms with van der Waals surface area (Å²) in [5.41, 5.74) is 0.326. The highest BCUT2D eigenvalue weighted by Gasteiger charge is 2.18. The Balaban J connectivity index is 2.00. The number of nitrogens with one attached hydrogen (secondary N) is 1. The summed E-state index contributed by atoms with van der Waals surface area (Å²) >= 11 is 0. The third kappa shape index (κ3) is 5.83. The predicted molar refractivity (Wildman–Crippen MR) is 66.7 cm³/mol. The van der Waals surface area contributed by atoms with Gasteiger partial charge in [0.05, 0.1) is 6.10 Å². The van der Waals surface area contributed by atoms with E-state index in [9.17, 15) is 0 Å². The van der Waals surface area contributed by atoms with Crippen LogP contribution in [0.4, 0.5) is 0 Å². The van der Waals surface area contributed by atoms with Crippen LogP contribution in [0.2, 0.25) is 0 Å². The van der Waals surface area contributed by atoms with Crippen molar-refractivity contribution in [3.63, 3.8) is 0 Å². The average molecular weight is 229 g/mol. The Morgan fingerprint density at radius 1 is 1.44 bits per heavy atom. The third-order valence-corrected chi connectivity index (χ3v) is 3.25. The first-order valence-corrected chi connectivity index (χ1v) is 6.45. The van der Waals surface area contributed by atoms with Crippen LogP contribution in [0.3, 0.4) is 0 Å². The lowest BCUT2D eigenvalue weighted by atomic mass is 9.89. The number of hydrogen-bond donors (Lipinski definition) is 1. The molecule has 3 nitrogen and oxygen atoms in total. The Kier molecular flexibility index (Phi) is 6.32. The van der Waals surface area contributed by atoms with Crippen LogP contribution >= 0.6 is 0 Å². The molecule has 0 bridgehead atoms. The van der Waals surface area contributed by atoms with E-state index in [-0.39, 0.29) is 0 Å². The molecule has 96 valence electrons. The summed E-state index contributed by atoms with van der Waals surface area (Å²) in [7, 11) is 1.76. The van der Waals surface area contributed by atoms with Crippen LogP contribution in [0.1, 0.15) is 39.5 Å². The number of methoxy groups -OCH3 is 1. The van der Waals surface area contributed by atoms with Gasteiger partial charge >= 0.3 is 0 Å². The second-order valence-corrected chi connectivity index (χ2v) is 5.51. The van der Waals surface area contributed by atoms with Crippen molar-refractivity contribution >= 4 is 0 Å². The van der Waals surface area contributed by atoms with Crippen LogP contribution in [0.25, 0.3) is 0 Å². The topological polar surface area (TPSA) is 30.5 Å². The van der Waals surface area contributed by atoms with Gasteiger partial charge in [-0.3, -0.25) is 0 Å². The van der Waals surface area contributed by atoms with Crippen molar-refractivity contribution in [2.45, 2.75) is 45.6 Å². The van der Waals surface area contributed by atoms with Gasteiger partial charge in [0, 0.05) is 26.9 Å². The largest absolute Gasteiger partial charge is 0.385 e. The van der Waals surface area contributed by atoms with E-state index in [1.807, 2.05) is 0 Å². The molecule has 3 heteroatoms. The maximum atomic E-state index is 5.59. The van der Waals surface area contributed by atoms with Crippen molar-refractivity contribution in [2.75, 3.05) is 33.4 Å². The van der Waals surface area contributed by atoms with Crippen molar-refractivity contribution in [2.24, 2.45) is 5.41 Å². The third-order valence-electron chi connectivity index (χ3n) is 3.25. The molecule has 1 atom stereocenters. The lowest BCUT2D eigenvalue weighted by Gasteiger charge is -2.25. The van der Waals surface area contributed by atoms with E-state index in [1.54, 1.807) is 7.11 Å². The van der Waals surface area contributed by atoms with Crippen LogP contribution < -0.4 is 5.32 Å². The summed E-state index contributed by atoms with van der Waals surface area (Å²) in [6.45, 7) is 8.50. The maximum Gasteiger partial charge on any atom is 0.0588 e. The van der Waals surface area contributed by atoms with Crippen LogP contribution in [0.15, 0.2) is 0 Å². The predicted octanol–water partition coefficient (Wildman–Crippen LogP) is 2.21. The minimum Gasteiger partial charge on any atom is -0.385 e. The van der Waals surface area contributed by atoms with Gasteiger partial charge in [0.1, 0.15) is 0 Å². The molecule has 0 saturated carbocycles. The molecule has 1 unspecified atom stereocenters. The quantitative estimate of drug-likeness (QED) is 0.647. The van der Waals surface area contributed by atoms with Gasteiger partial charge in [-0.25, -0.2) is 0 Å². The maximum absolute atomic E-state index is 5.59. The molecule has 0 spiro atoms. The summed E-state index contributed by atoms with van der Waals surface area (Å²) < 4.78 is 10.7. The number of hydrogen-bond acceptors (Lipinski definition) is 3. The van der Waals surface area contributed by atoms with Crippen molar-refractivity contribution < 1.29 is 9.47 Å². The Hall–Kier alpha value is -0.120. The molecule has 1 aliphatic rings. The molecule has 0 aliphatic carbocycles. The first-order valence-electron chi connectivity index (χ1n) is 6.45. The normalized spacial score (nSPS) is 21.6. The number of rotatable bonds is 8. The van der Waals surface area contributed by atoms with Gasteiger partial charge in [0.2, 0.25) is 0 Å². The zero-order valence-electron chi connectivity index (χ0n) is 11.1. The van der Waals surface area contributed by atoms with Crippen molar-refractivity contribution in [1.29, 1.82) is 0 Å². The first-order chi connectivity index (χ1) is 7.64. The lowest BCUT2D eigenvalue weighted by Crippen LogP contribution is -2.32. The summed E-state index contributed by atoms with van der Waals surface area (Å²) in [5, 5.41) is 3.53. The standard InChI is InChI=1S/C13H27NO2/c1-13(2,7-10-15-3)11-14-8-6-12-5-4-9-16-12/h12,14H,4-11H2,1-3H3. The van der Waals surface area contributed by atoms with Gasteiger partial charge in [0.25, 0.3) is 0 Å². The Morgan fingerprint density at radius 2 is 2.25 bits per heavy atom. The molecular formula is C13H27NO2. The molecule has 1 aliphatic heterocycles. The van der Waals surface area contributed by atoms with Crippen LogP contribution in [-0.2, 0) is 9.47 Å². The molecule has 1 heterocycles. The molecule has 16 heavy (non-hydrogen) atoms. The zero-order valence-corrected chi connectivity index (χ0v) is 11.1. The first kappa shape index (κ1) is 13.9. The molecular weight excluding hydrogens is 202 g/mol. The minimum atomic E-state index is 0.326. The highest BCUT2D eigenvalue weighted by atomic mass is 16.5. The molecule has 0 radical (unpaired) electrons. The fourth-order valence-corrected chi connectivity index (χ4v) is 2.03. The molecule has 1 N–H and O–H groups in total. The Labute approximate surface area is 99.9 Å². The average Bonchev–Trinajstić information content (AvgIpc) is 2.75. The molecule has 1 fully saturated rings. The van der Waals surface area contributed by atoms with Gasteiger partial charge in [-0.05, 0) is 37.6 Å². The van der Waals surface area contributed by atoms with E-state index in [1.165, 1.54) is 12.8 Å². The molecule has 1 rings (SSSR count). The van der Waals surface area contributed by atoms with E-state index >= 15 is 0 Å².